The van der Waals surface area contributed by atoms with Gasteiger partial charge in [-0.25, -0.2) is 0 Å². The molecule has 1 aromatic carbocycles. The van der Waals surface area contributed by atoms with Crippen molar-refractivity contribution in [1.82, 2.24) is 4.90 Å². The van der Waals surface area contributed by atoms with Gasteiger partial charge in [0.15, 0.2) is 5.11 Å². The molecule has 2 nitrogen and oxygen atoms in total. The van der Waals surface area contributed by atoms with Gasteiger partial charge >= 0.3 is 0 Å². The fourth-order valence-corrected chi connectivity index (χ4v) is 3.37. The first-order valence-electron chi connectivity index (χ1n) is 7.31. The average Bonchev–Trinajstić information content (AvgIpc) is 3.16. The van der Waals surface area contributed by atoms with Gasteiger partial charge in [-0.15, -0.1) is 11.3 Å². The van der Waals surface area contributed by atoms with Gasteiger partial charge in [-0.1, -0.05) is 12.1 Å². The van der Waals surface area contributed by atoms with E-state index in [4.69, 9.17) is 12.2 Å². The molecule has 1 aromatic heterocycles. The summed E-state index contributed by atoms with van der Waals surface area (Å²) in [4.78, 5) is 3.70. The highest BCUT2D eigenvalue weighted by Crippen LogP contribution is 2.30. The van der Waals surface area contributed by atoms with E-state index < -0.39 is 0 Å². The molecule has 0 spiro atoms. The Bertz CT molecular complexity index is 630. The first-order chi connectivity index (χ1) is 10.1. The highest BCUT2D eigenvalue weighted by Gasteiger charge is 2.31. The van der Waals surface area contributed by atoms with Crippen LogP contribution < -0.4 is 5.32 Å². The topological polar surface area (TPSA) is 15.3 Å². The molecule has 2 aromatic rings. The normalized spacial score (nSPS) is 14.0. The van der Waals surface area contributed by atoms with Crippen LogP contribution >= 0.6 is 23.6 Å². The maximum absolute atomic E-state index is 5.64. The van der Waals surface area contributed by atoms with Crippen molar-refractivity contribution in [3.63, 3.8) is 0 Å². The minimum Gasteiger partial charge on any atom is -0.341 e. The predicted molar refractivity (Wildman–Crippen MR) is 95.0 cm³/mol. The van der Waals surface area contributed by atoms with Gasteiger partial charge in [0.1, 0.15) is 0 Å². The van der Waals surface area contributed by atoms with Crippen molar-refractivity contribution in [2.24, 2.45) is 0 Å². The first-order valence-corrected chi connectivity index (χ1v) is 8.59. The fourth-order valence-electron chi connectivity index (χ4n) is 2.34. The molecule has 0 radical (unpaired) electrons. The number of thiophene rings is 1. The van der Waals surface area contributed by atoms with Crippen LogP contribution in [0.4, 0.5) is 5.69 Å². The van der Waals surface area contributed by atoms with Crippen LogP contribution in [0.15, 0.2) is 35.7 Å². The molecule has 0 aliphatic heterocycles. The van der Waals surface area contributed by atoms with E-state index in [1.54, 1.807) is 11.3 Å². The average molecular weight is 316 g/mol. The molecular formula is C17H20N2S2. The lowest BCUT2D eigenvalue weighted by atomic mass is 10.1. The zero-order valence-corrected chi connectivity index (χ0v) is 14.1. The molecule has 110 valence electrons. The third-order valence-corrected chi connectivity index (χ3v) is 5.11. The molecule has 3 rings (SSSR count). The van der Waals surface area contributed by atoms with E-state index in [2.05, 4.69) is 59.8 Å². The summed E-state index contributed by atoms with van der Waals surface area (Å²) in [6.45, 7) is 5.18. The Morgan fingerprint density at radius 2 is 2.10 bits per heavy atom. The van der Waals surface area contributed by atoms with Crippen molar-refractivity contribution < 1.29 is 0 Å². The Kier molecular flexibility index (Phi) is 4.27. The summed E-state index contributed by atoms with van der Waals surface area (Å²) in [5.74, 6) is 0. The van der Waals surface area contributed by atoms with Gasteiger partial charge in [0.2, 0.25) is 0 Å². The van der Waals surface area contributed by atoms with Crippen LogP contribution in [0.2, 0.25) is 0 Å². The quantitative estimate of drug-likeness (QED) is 0.821. The van der Waals surface area contributed by atoms with E-state index in [1.807, 2.05) is 0 Å². The number of rotatable bonds is 4. The highest BCUT2D eigenvalue weighted by atomic mass is 32.1. The third kappa shape index (κ3) is 3.63. The number of hydrogen-bond donors (Lipinski definition) is 1. The van der Waals surface area contributed by atoms with E-state index >= 15 is 0 Å². The largest absolute Gasteiger partial charge is 0.341 e. The number of benzene rings is 1. The molecule has 0 unspecified atom stereocenters. The summed E-state index contributed by atoms with van der Waals surface area (Å²) >= 11 is 7.44. The molecule has 21 heavy (non-hydrogen) atoms. The van der Waals surface area contributed by atoms with E-state index in [9.17, 15) is 0 Å². The molecule has 0 atom stereocenters. The van der Waals surface area contributed by atoms with Crippen molar-refractivity contribution in [3.8, 4) is 0 Å². The zero-order valence-electron chi connectivity index (χ0n) is 12.4. The Balaban J connectivity index is 1.70. The maximum atomic E-state index is 5.64. The highest BCUT2D eigenvalue weighted by molar-refractivity contribution is 7.80. The second-order valence-corrected chi connectivity index (χ2v) is 7.09. The molecule has 1 N–H and O–H groups in total. The smallest absolute Gasteiger partial charge is 0.174 e. The number of nitrogens with zero attached hydrogens (tertiary/aromatic N) is 1. The van der Waals surface area contributed by atoms with Crippen LogP contribution in [0, 0.1) is 13.8 Å². The number of thiocarbonyl (C=S) groups is 1. The van der Waals surface area contributed by atoms with Crippen LogP contribution in [0.3, 0.4) is 0 Å². The lowest BCUT2D eigenvalue weighted by Crippen LogP contribution is -2.35. The predicted octanol–water partition coefficient (Wildman–Crippen LogP) is 4.73. The van der Waals surface area contributed by atoms with Crippen molar-refractivity contribution in [2.45, 2.75) is 39.3 Å². The summed E-state index contributed by atoms with van der Waals surface area (Å²) < 4.78 is 0. The molecule has 4 heteroatoms. The second-order valence-electron chi connectivity index (χ2n) is 5.67. The molecule has 1 aliphatic carbocycles. The van der Waals surface area contributed by atoms with E-state index in [0.717, 1.165) is 17.3 Å². The third-order valence-electron chi connectivity index (χ3n) is 3.91. The monoisotopic (exact) mass is 316 g/mol. The number of hydrogen-bond acceptors (Lipinski definition) is 2. The number of anilines is 1. The Hall–Kier alpha value is -1.39. The number of aryl methyl sites for hydroxylation is 2. The first kappa shape index (κ1) is 14.5. The van der Waals surface area contributed by atoms with Gasteiger partial charge in [-0.05, 0) is 73.6 Å². The summed E-state index contributed by atoms with van der Waals surface area (Å²) in [6.07, 6.45) is 2.50. The van der Waals surface area contributed by atoms with E-state index in [-0.39, 0.29) is 0 Å². The molecular weight excluding hydrogens is 296 g/mol. The lowest BCUT2D eigenvalue weighted by molar-refractivity contribution is 0.413. The Morgan fingerprint density at radius 3 is 2.71 bits per heavy atom. The summed E-state index contributed by atoms with van der Waals surface area (Å²) in [5, 5.41) is 6.37. The van der Waals surface area contributed by atoms with Gasteiger partial charge in [-0.3, -0.25) is 0 Å². The van der Waals surface area contributed by atoms with Crippen LogP contribution in [0.5, 0.6) is 0 Å². The minimum absolute atomic E-state index is 0.610. The minimum atomic E-state index is 0.610. The van der Waals surface area contributed by atoms with Gasteiger partial charge in [0.05, 0.1) is 6.54 Å². The second kappa shape index (κ2) is 6.16. The van der Waals surface area contributed by atoms with Crippen molar-refractivity contribution in [2.75, 3.05) is 5.32 Å². The molecule has 1 saturated carbocycles. The molecule has 1 aliphatic rings. The Morgan fingerprint density at radius 1 is 1.29 bits per heavy atom. The van der Waals surface area contributed by atoms with E-state index in [0.29, 0.717) is 6.04 Å². The summed E-state index contributed by atoms with van der Waals surface area (Å²) in [7, 11) is 0. The Labute approximate surface area is 135 Å². The standard InChI is InChI=1S/C17H20N2S2/c1-12-5-6-14(10-13(12)2)18-17(20)19(15-7-8-15)11-16-4-3-9-21-16/h3-6,9-10,15H,7-8,11H2,1-2H3,(H,18,20). The fraction of sp³-hybridized carbons (Fsp3) is 0.353. The van der Waals surface area contributed by atoms with E-state index in [1.165, 1.54) is 28.8 Å². The van der Waals surface area contributed by atoms with Crippen LogP contribution in [0.1, 0.15) is 28.8 Å². The molecule has 0 amide bonds. The number of nitrogens with one attached hydrogen (secondary N) is 1. The van der Waals surface area contributed by atoms with Gasteiger partial charge in [-0.2, -0.15) is 0 Å². The SMILES string of the molecule is Cc1ccc(NC(=S)N(Cc2cccs2)C2CC2)cc1C. The molecule has 0 bridgehead atoms. The van der Waals surface area contributed by atoms with Gasteiger partial charge < -0.3 is 10.2 Å². The zero-order chi connectivity index (χ0) is 14.8. The summed E-state index contributed by atoms with van der Waals surface area (Å²) in [5.41, 5.74) is 3.68. The molecule has 1 fully saturated rings. The van der Waals surface area contributed by atoms with Crippen molar-refractivity contribution >= 4 is 34.4 Å². The lowest BCUT2D eigenvalue weighted by Gasteiger charge is -2.25. The van der Waals surface area contributed by atoms with Crippen LogP contribution in [-0.4, -0.2) is 16.1 Å². The van der Waals surface area contributed by atoms with Crippen LogP contribution in [-0.2, 0) is 6.54 Å². The summed E-state index contributed by atoms with van der Waals surface area (Å²) in [6, 6.07) is 11.3. The van der Waals surface area contributed by atoms with Crippen LogP contribution in [0.25, 0.3) is 0 Å². The van der Waals surface area contributed by atoms with Crippen molar-refractivity contribution in [1.29, 1.82) is 0 Å². The molecule has 0 saturated heterocycles. The molecule has 1 heterocycles. The van der Waals surface area contributed by atoms with Crippen molar-refractivity contribution in [3.05, 3.63) is 51.7 Å². The maximum Gasteiger partial charge on any atom is 0.174 e. The van der Waals surface area contributed by atoms with Gasteiger partial charge in [0, 0.05) is 16.6 Å². The van der Waals surface area contributed by atoms with Gasteiger partial charge in [0.25, 0.3) is 0 Å².